The van der Waals surface area contributed by atoms with E-state index in [0.717, 1.165) is 22.3 Å². The summed E-state index contributed by atoms with van der Waals surface area (Å²) in [6, 6.07) is 15.2. The van der Waals surface area contributed by atoms with Crippen molar-refractivity contribution < 1.29 is 14.3 Å². The molecule has 0 aliphatic carbocycles. The quantitative estimate of drug-likeness (QED) is 0.652. The lowest BCUT2D eigenvalue weighted by Crippen LogP contribution is -2.18. The molecule has 4 rings (SSSR count). The number of fused-ring (bicyclic) bond motifs is 1. The van der Waals surface area contributed by atoms with Crippen LogP contribution in [0, 0.1) is 25.2 Å². The maximum atomic E-state index is 12.3. The number of carbonyl (C=O) groups is 1. The van der Waals surface area contributed by atoms with Crippen molar-refractivity contribution >= 4 is 5.78 Å². The van der Waals surface area contributed by atoms with Crippen LogP contribution in [0.3, 0.4) is 0 Å². The normalized spacial score (nSPS) is 13.8. The third-order valence-electron chi connectivity index (χ3n) is 5.11. The summed E-state index contributed by atoms with van der Waals surface area (Å²) >= 11 is 0. The SMILES string of the molecule is Cc1cc2c(c(C)c1O[C@H](c1ccncc1)c1ccc(C#N)cc1)OCCC2=O. The molecule has 0 unspecified atom stereocenters. The van der Waals surface area contributed by atoms with Crippen molar-refractivity contribution in [2.45, 2.75) is 26.4 Å². The Bertz CT molecular complexity index is 1100. The summed E-state index contributed by atoms with van der Waals surface area (Å²) in [6.45, 7) is 4.24. The maximum absolute atomic E-state index is 12.3. The monoisotopic (exact) mass is 384 g/mol. The van der Waals surface area contributed by atoms with Crippen molar-refractivity contribution in [1.82, 2.24) is 4.98 Å². The molecule has 0 spiro atoms. The van der Waals surface area contributed by atoms with E-state index < -0.39 is 0 Å². The zero-order chi connectivity index (χ0) is 20.4. The molecular formula is C24H20N2O3. The first-order valence-electron chi connectivity index (χ1n) is 9.45. The predicted molar refractivity (Wildman–Crippen MR) is 108 cm³/mol. The van der Waals surface area contributed by atoms with Crippen LogP contribution in [0.25, 0.3) is 0 Å². The van der Waals surface area contributed by atoms with Gasteiger partial charge in [-0.15, -0.1) is 0 Å². The molecule has 0 saturated carbocycles. The van der Waals surface area contributed by atoms with Crippen LogP contribution in [-0.4, -0.2) is 17.4 Å². The van der Waals surface area contributed by atoms with E-state index in [1.807, 2.05) is 44.2 Å². The van der Waals surface area contributed by atoms with E-state index in [1.165, 1.54) is 0 Å². The van der Waals surface area contributed by atoms with Crippen LogP contribution >= 0.6 is 0 Å². The average Bonchev–Trinajstić information content (AvgIpc) is 2.75. The number of ether oxygens (including phenoxy) is 2. The maximum Gasteiger partial charge on any atom is 0.170 e. The minimum absolute atomic E-state index is 0.0989. The van der Waals surface area contributed by atoms with Crippen LogP contribution < -0.4 is 9.47 Å². The van der Waals surface area contributed by atoms with Crippen LogP contribution in [0.4, 0.5) is 0 Å². The number of pyridine rings is 1. The second kappa shape index (κ2) is 7.76. The van der Waals surface area contributed by atoms with E-state index in [9.17, 15) is 4.79 Å². The number of rotatable bonds is 4. The fourth-order valence-electron chi connectivity index (χ4n) is 3.62. The van der Waals surface area contributed by atoms with Crippen molar-refractivity contribution in [3.63, 3.8) is 0 Å². The van der Waals surface area contributed by atoms with Gasteiger partial charge in [-0.2, -0.15) is 5.26 Å². The summed E-state index contributed by atoms with van der Waals surface area (Å²) in [5, 5.41) is 9.10. The summed E-state index contributed by atoms with van der Waals surface area (Å²) in [6.07, 6.45) is 3.46. The van der Waals surface area contributed by atoms with E-state index in [-0.39, 0.29) is 11.9 Å². The first kappa shape index (κ1) is 18.7. The number of ketones is 1. The number of Topliss-reactive ketones (excluding diaryl/α,β-unsaturated/α-hetero) is 1. The van der Waals surface area contributed by atoms with E-state index in [4.69, 9.17) is 14.7 Å². The highest BCUT2D eigenvalue weighted by Gasteiger charge is 2.26. The molecule has 2 heterocycles. The average molecular weight is 384 g/mol. The Morgan fingerprint density at radius 2 is 1.79 bits per heavy atom. The summed E-state index contributed by atoms with van der Waals surface area (Å²) < 4.78 is 12.3. The number of aromatic nitrogens is 1. The highest BCUT2D eigenvalue weighted by Crippen LogP contribution is 2.40. The van der Waals surface area contributed by atoms with E-state index >= 15 is 0 Å². The fraction of sp³-hybridized carbons (Fsp3) is 0.208. The first-order chi connectivity index (χ1) is 14.1. The molecule has 144 valence electrons. The number of benzene rings is 2. The molecule has 1 atom stereocenters. The number of hydrogen-bond donors (Lipinski definition) is 0. The molecule has 0 bridgehead atoms. The Morgan fingerprint density at radius 1 is 1.10 bits per heavy atom. The van der Waals surface area contributed by atoms with Gasteiger partial charge in [0, 0.05) is 24.4 Å². The van der Waals surface area contributed by atoms with Gasteiger partial charge < -0.3 is 9.47 Å². The van der Waals surface area contributed by atoms with Crippen molar-refractivity contribution in [1.29, 1.82) is 5.26 Å². The third-order valence-corrected chi connectivity index (χ3v) is 5.11. The topological polar surface area (TPSA) is 72.2 Å². The van der Waals surface area contributed by atoms with Gasteiger partial charge in [-0.1, -0.05) is 12.1 Å². The fourth-order valence-corrected chi connectivity index (χ4v) is 3.62. The Labute approximate surface area is 169 Å². The Kier molecular flexibility index (Phi) is 5.01. The summed E-state index contributed by atoms with van der Waals surface area (Å²) in [7, 11) is 0. The molecule has 2 aromatic carbocycles. The minimum Gasteiger partial charge on any atom is -0.492 e. The van der Waals surface area contributed by atoms with Gasteiger partial charge >= 0.3 is 0 Å². The Morgan fingerprint density at radius 3 is 2.48 bits per heavy atom. The second-order valence-corrected chi connectivity index (χ2v) is 7.06. The lowest BCUT2D eigenvalue weighted by molar-refractivity contribution is 0.0932. The van der Waals surface area contributed by atoms with Crippen LogP contribution in [0.5, 0.6) is 11.5 Å². The van der Waals surface area contributed by atoms with Gasteiger partial charge in [0.15, 0.2) is 5.78 Å². The molecule has 29 heavy (non-hydrogen) atoms. The lowest BCUT2D eigenvalue weighted by atomic mass is 9.97. The van der Waals surface area contributed by atoms with Gasteiger partial charge in [-0.05, 0) is 60.9 Å². The van der Waals surface area contributed by atoms with Crippen molar-refractivity contribution in [3.05, 3.63) is 88.2 Å². The van der Waals surface area contributed by atoms with Gasteiger partial charge in [0.05, 0.1) is 23.8 Å². The molecular weight excluding hydrogens is 364 g/mol. The molecule has 0 N–H and O–H groups in total. The number of carbonyl (C=O) groups excluding carboxylic acids is 1. The molecule has 0 radical (unpaired) electrons. The molecule has 1 aliphatic rings. The van der Waals surface area contributed by atoms with Crippen LogP contribution in [-0.2, 0) is 0 Å². The van der Waals surface area contributed by atoms with Gasteiger partial charge in [-0.25, -0.2) is 0 Å². The molecule has 1 aliphatic heterocycles. The molecule has 0 fully saturated rings. The Hall–Kier alpha value is -3.65. The van der Waals surface area contributed by atoms with E-state index in [1.54, 1.807) is 24.5 Å². The number of aryl methyl sites for hydroxylation is 1. The van der Waals surface area contributed by atoms with Crippen LogP contribution in [0.15, 0.2) is 54.9 Å². The number of nitrogens with zero attached hydrogens (tertiary/aromatic N) is 2. The Balaban J connectivity index is 1.79. The van der Waals surface area contributed by atoms with Gasteiger partial charge in [0.25, 0.3) is 0 Å². The number of hydrogen-bond acceptors (Lipinski definition) is 5. The number of nitriles is 1. The molecule has 5 heteroatoms. The summed E-state index contributed by atoms with van der Waals surface area (Å²) in [5.74, 6) is 1.40. The van der Waals surface area contributed by atoms with Crippen molar-refractivity contribution in [3.8, 4) is 17.6 Å². The highest BCUT2D eigenvalue weighted by molar-refractivity contribution is 6.00. The first-order valence-corrected chi connectivity index (χ1v) is 9.45. The zero-order valence-corrected chi connectivity index (χ0v) is 16.3. The molecule has 5 nitrogen and oxygen atoms in total. The van der Waals surface area contributed by atoms with E-state index in [0.29, 0.717) is 35.7 Å². The van der Waals surface area contributed by atoms with Crippen molar-refractivity contribution in [2.24, 2.45) is 0 Å². The zero-order valence-electron chi connectivity index (χ0n) is 16.3. The highest BCUT2D eigenvalue weighted by atomic mass is 16.5. The molecule has 0 amide bonds. The van der Waals surface area contributed by atoms with Crippen LogP contribution in [0.1, 0.15) is 50.7 Å². The van der Waals surface area contributed by atoms with Gasteiger partial charge in [0.2, 0.25) is 0 Å². The smallest absolute Gasteiger partial charge is 0.170 e. The minimum atomic E-state index is -0.388. The third kappa shape index (κ3) is 3.57. The van der Waals surface area contributed by atoms with Gasteiger partial charge in [-0.3, -0.25) is 9.78 Å². The lowest BCUT2D eigenvalue weighted by Gasteiger charge is -2.26. The standard InChI is InChI=1S/C24H20N2O3/c1-15-13-20-21(27)9-12-28-23(20)16(2)22(15)29-24(19-7-10-26-11-8-19)18-5-3-17(14-25)4-6-18/h3-8,10-11,13,24H,9,12H2,1-2H3/t24-/m0/s1. The summed E-state index contributed by atoms with van der Waals surface area (Å²) in [4.78, 5) is 16.4. The largest absolute Gasteiger partial charge is 0.492 e. The predicted octanol–water partition coefficient (Wildman–Crippen LogP) is 4.70. The molecule has 3 aromatic rings. The molecule has 0 saturated heterocycles. The van der Waals surface area contributed by atoms with Gasteiger partial charge in [0.1, 0.15) is 17.6 Å². The molecule has 1 aromatic heterocycles. The summed E-state index contributed by atoms with van der Waals surface area (Å²) in [5.41, 5.74) is 4.78. The van der Waals surface area contributed by atoms with Crippen LogP contribution in [0.2, 0.25) is 0 Å². The second-order valence-electron chi connectivity index (χ2n) is 7.06. The van der Waals surface area contributed by atoms with Crippen molar-refractivity contribution in [2.75, 3.05) is 6.61 Å². The van der Waals surface area contributed by atoms with E-state index in [2.05, 4.69) is 11.1 Å².